The fraction of sp³-hybridized carbons (Fsp3) is 0.650. The molecule has 0 aromatic heterocycles. The topological polar surface area (TPSA) is 69.8 Å². The van der Waals surface area contributed by atoms with E-state index in [4.69, 9.17) is 23.7 Å². The molecule has 2 aliphatic heterocycles. The highest BCUT2D eigenvalue weighted by Crippen LogP contribution is 2.39. The summed E-state index contributed by atoms with van der Waals surface area (Å²) in [4.78, 5) is 12.2. The highest BCUT2D eigenvalue weighted by atomic mass is 16.6. The maximum atomic E-state index is 12.2. The lowest BCUT2D eigenvalue weighted by Crippen LogP contribution is -2.25. The Bertz CT molecular complexity index is 597. The van der Waals surface area contributed by atoms with Gasteiger partial charge >= 0.3 is 5.97 Å². The number of ether oxygens (including phenoxy) is 5. The van der Waals surface area contributed by atoms with Crippen molar-refractivity contribution in [1.29, 1.82) is 0 Å². The second-order valence-corrected chi connectivity index (χ2v) is 7.20. The lowest BCUT2D eigenvalue weighted by molar-refractivity contribution is -0.139. The van der Waals surface area contributed by atoms with E-state index in [-0.39, 0.29) is 18.0 Å². The van der Waals surface area contributed by atoms with Gasteiger partial charge in [0.2, 0.25) is 0 Å². The lowest BCUT2D eigenvalue weighted by atomic mass is 9.89. The molecule has 4 unspecified atom stereocenters. The molecular formula is C20H26O6. The van der Waals surface area contributed by atoms with Crippen LogP contribution >= 0.6 is 0 Å². The van der Waals surface area contributed by atoms with E-state index in [9.17, 15) is 4.79 Å². The van der Waals surface area contributed by atoms with Crippen molar-refractivity contribution >= 4 is 5.97 Å². The summed E-state index contributed by atoms with van der Waals surface area (Å²) in [6, 6.07) is 7.24. The van der Waals surface area contributed by atoms with Gasteiger partial charge in [-0.15, -0.1) is 0 Å². The first-order valence-corrected chi connectivity index (χ1v) is 9.57. The van der Waals surface area contributed by atoms with E-state index in [0.717, 1.165) is 51.1 Å². The van der Waals surface area contributed by atoms with Crippen LogP contribution in [0, 0.1) is 5.92 Å². The summed E-state index contributed by atoms with van der Waals surface area (Å²) in [5.41, 5.74) is 0. The molecule has 3 aliphatic rings. The summed E-state index contributed by atoms with van der Waals surface area (Å²) in [7, 11) is 0. The molecule has 0 spiro atoms. The number of epoxide rings is 2. The van der Waals surface area contributed by atoms with Gasteiger partial charge in [-0.25, -0.2) is 0 Å². The third kappa shape index (κ3) is 5.19. The molecule has 142 valence electrons. The van der Waals surface area contributed by atoms with Crippen LogP contribution in [0.5, 0.6) is 11.5 Å². The minimum atomic E-state index is -0.149. The van der Waals surface area contributed by atoms with Crippen molar-refractivity contribution in [3.05, 3.63) is 24.3 Å². The molecule has 1 saturated carbocycles. The molecule has 6 heteroatoms. The van der Waals surface area contributed by atoms with Crippen molar-refractivity contribution in [1.82, 2.24) is 0 Å². The fourth-order valence-electron chi connectivity index (χ4n) is 3.30. The van der Waals surface area contributed by atoms with Crippen molar-refractivity contribution in [2.24, 2.45) is 5.92 Å². The molecule has 0 bridgehead atoms. The first kappa shape index (κ1) is 17.8. The van der Waals surface area contributed by atoms with E-state index in [1.54, 1.807) is 12.1 Å². The number of fused-ring (bicyclic) bond motifs is 1. The van der Waals surface area contributed by atoms with Crippen LogP contribution in [-0.4, -0.2) is 50.7 Å². The first-order valence-electron chi connectivity index (χ1n) is 9.57. The molecule has 6 nitrogen and oxygen atoms in total. The average molecular weight is 362 g/mol. The smallest absolute Gasteiger partial charge is 0.314 e. The molecule has 0 N–H and O–H groups in total. The largest absolute Gasteiger partial charge is 0.494 e. The molecule has 0 amide bonds. The SMILES string of the molecule is O=C(Oc1ccc(OCCCCOCC2CO2)cc1)C1CCC2OC2C1. The van der Waals surface area contributed by atoms with E-state index in [0.29, 0.717) is 31.2 Å². The molecule has 3 fully saturated rings. The van der Waals surface area contributed by atoms with E-state index >= 15 is 0 Å². The van der Waals surface area contributed by atoms with Crippen LogP contribution < -0.4 is 9.47 Å². The van der Waals surface area contributed by atoms with Crippen LogP contribution in [-0.2, 0) is 19.0 Å². The van der Waals surface area contributed by atoms with Gasteiger partial charge in [-0.05, 0) is 56.4 Å². The second-order valence-electron chi connectivity index (χ2n) is 7.20. The Kier molecular flexibility index (Phi) is 5.72. The Hall–Kier alpha value is -1.63. The summed E-state index contributed by atoms with van der Waals surface area (Å²) in [5.74, 6) is 1.16. The molecule has 2 saturated heterocycles. The zero-order valence-electron chi connectivity index (χ0n) is 14.9. The molecule has 26 heavy (non-hydrogen) atoms. The number of unbranched alkanes of at least 4 members (excludes halogenated alkanes) is 1. The van der Waals surface area contributed by atoms with Crippen molar-refractivity contribution in [3.63, 3.8) is 0 Å². The Morgan fingerprint density at radius 2 is 1.81 bits per heavy atom. The number of carbonyl (C=O) groups excluding carboxylic acids is 1. The zero-order valence-corrected chi connectivity index (χ0v) is 14.9. The van der Waals surface area contributed by atoms with Gasteiger partial charge in [0, 0.05) is 6.61 Å². The van der Waals surface area contributed by atoms with Gasteiger partial charge in [-0.3, -0.25) is 4.79 Å². The van der Waals surface area contributed by atoms with Gasteiger partial charge in [-0.2, -0.15) is 0 Å². The summed E-state index contributed by atoms with van der Waals surface area (Å²) < 4.78 is 27.2. The number of benzene rings is 1. The molecule has 4 atom stereocenters. The standard InChI is InChI=1S/C20H26O6/c21-20(14-3-8-18-19(11-14)26-18)25-16-6-4-15(5-7-16)23-10-2-1-9-22-12-17-13-24-17/h4-7,14,17-19H,1-3,8-13H2. The van der Waals surface area contributed by atoms with Crippen LogP contribution in [0.25, 0.3) is 0 Å². The van der Waals surface area contributed by atoms with E-state index < -0.39 is 0 Å². The molecule has 1 aromatic rings. The Morgan fingerprint density at radius 1 is 1.04 bits per heavy atom. The predicted molar refractivity (Wildman–Crippen MR) is 93.4 cm³/mol. The van der Waals surface area contributed by atoms with Gasteiger partial charge in [0.05, 0.1) is 37.9 Å². The van der Waals surface area contributed by atoms with Gasteiger partial charge in [-0.1, -0.05) is 0 Å². The summed E-state index contributed by atoms with van der Waals surface area (Å²) in [6.45, 7) is 2.93. The monoisotopic (exact) mass is 362 g/mol. The van der Waals surface area contributed by atoms with Gasteiger partial charge in [0.1, 0.15) is 17.6 Å². The number of esters is 1. The van der Waals surface area contributed by atoms with Crippen LogP contribution in [0.15, 0.2) is 24.3 Å². The van der Waals surface area contributed by atoms with Crippen molar-refractivity contribution in [2.45, 2.75) is 50.4 Å². The number of hydrogen-bond acceptors (Lipinski definition) is 6. The van der Waals surface area contributed by atoms with Crippen molar-refractivity contribution in [2.75, 3.05) is 26.4 Å². The Morgan fingerprint density at radius 3 is 2.58 bits per heavy atom. The quantitative estimate of drug-likeness (QED) is 0.276. The second kappa shape index (κ2) is 8.37. The molecule has 0 radical (unpaired) electrons. The molecule has 2 heterocycles. The normalized spacial score (nSPS) is 28.9. The van der Waals surface area contributed by atoms with Crippen LogP contribution in [0.1, 0.15) is 32.1 Å². The van der Waals surface area contributed by atoms with E-state index in [2.05, 4.69) is 0 Å². The minimum absolute atomic E-state index is 0.0385. The maximum Gasteiger partial charge on any atom is 0.314 e. The number of hydrogen-bond donors (Lipinski definition) is 0. The minimum Gasteiger partial charge on any atom is -0.494 e. The van der Waals surface area contributed by atoms with Crippen molar-refractivity contribution < 1.29 is 28.5 Å². The third-order valence-corrected chi connectivity index (χ3v) is 5.04. The molecule has 4 rings (SSSR count). The van der Waals surface area contributed by atoms with E-state index in [1.807, 2.05) is 12.1 Å². The van der Waals surface area contributed by atoms with Crippen LogP contribution in [0.3, 0.4) is 0 Å². The predicted octanol–water partition coefficient (Wildman–Crippen LogP) is 2.73. The van der Waals surface area contributed by atoms with Crippen LogP contribution in [0.2, 0.25) is 0 Å². The number of rotatable bonds is 10. The maximum absolute atomic E-state index is 12.2. The van der Waals surface area contributed by atoms with Crippen molar-refractivity contribution in [3.8, 4) is 11.5 Å². The van der Waals surface area contributed by atoms with Gasteiger partial charge in [0.15, 0.2) is 0 Å². The highest BCUT2D eigenvalue weighted by molar-refractivity contribution is 5.75. The summed E-state index contributed by atoms with van der Waals surface area (Å²) in [5, 5.41) is 0. The summed E-state index contributed by atoms with van der Waals surface area (Å²) in [6.07, 6.45) is 5.54. The lowest BCUT2D eigenvalue weighted by Gasteiger charge is -2.17. The van der Waals surface area contributed by atoms with Gasteiger partial charge < -0.3 is 23.7 Å². The Labute approximate surface area is 153 Å². The average Bonchev–Trinajstić information content (AvgIpc) is 3.56. The zero-order chi connectivity index (χ0) is 17.8. The van der Waals surface area contributed by atoms with Crippen LogP contribution in [0.4, 0.5) is 0 Å². The summed E-state index contributed by atoms with van der Waals surface area (Å²) >= 11 is 0. The molecule has 1 aliphatic carbocycles. The highest BCUT2D eigenvalue weighted by Gasteiger charge is 2.46. The first-order chi connectivity index (χ1) is 12.8. The molecular weight excluding hydrogens is 336 g/mol. The molecule has 1 aromatic carbocycles. The number of carbonyl (C=O) groups is 1. The fourth-order valence-corrected chi connectivity index (χ4v) is 3.30. The third-order valence-electron chi connectivity index (χ3n) is 5.04. The Balaban J connectivity index is 1.11. The van der Waals surface area contributed by atoms with E-state index in [1.165, 1.54) is 0 Å². The van der Waals surface area contributed by atoms with Gasteiger partial charge in [0.25, 0.3) is 0 Å².